The molecule has 7 heteroatoms. The normalized spacial score (nSPS) is 20.9. The number of halogens is 1. The number of aromatic nitrogens is 2. The molecule has 0 aliphatic carbocycles. The van der Waals surface area contributed by atoms with Crippen LogP contribution in [0.4, 0.5) is 21.6 Å². The number of rotatable bonds is 4. The van der Waals surface area contributed by atoms with E-state index in [0.29, 0.717) is 0 Å². The quantitative estimate of drug-likeness (QED) is 0.908. The van der Waals surface area contributed by atoms with Crippen LogP contribution in [0.2, 0.25) is 0 Å². The summed E-state index contributed by atoms with van der Waals surface area (Å²) in [6.07, 6.45) is 3.93. The van der Waals surface area contributed by atoms with Gasteiger partial charge in [0.1, 0.15) is 5.82 Å². The summed E-state index contributed by atoms with van der Waals surface area (Å²) >= 11 is 0. The number of benzene rings is 1. The number of piperidine rings is 1. The molecular formula is C19H24FN5O. The van der Waals surface area contributed by atoms with Crippen molar-refractivity contribution in [2.24, 2.45) is 0 Å². The van der Waals surface area contributed by atoms with E-state index in [0.717, 1.165) is 69.4 Å². The maximum Gasteiger partial charge on any atom is 0.150 e. The van der Waals surface area contributed by atoms with E-state index in [1.54, 1.807) is 18.3 Å². The van der Waals surface area contributed by atoms with Crippen LogP contribution in [0.5, 0.6) is 0 Å². The van der Waals surface area contributed by atoms with Crippen LogP contribution < -0.4 is 15.1 Å². The molecule has 2 aromatic rings. The lowest BCUT2D eigenvalue weighted by atomic mass is 10.0. The number of morpholine rings is 1. The van der Waals surface area contributed by atoms with Gasteiger partial charge < -0.3 is 19.9 Å². The molecule has 26 heavy (non-hydrogen) atoms. The molecule has 2 aliphatic heterocycles. The molecule has 0 radical (unpaired) electrons. The number of hydrogen-bond acceptors (Lipinski definition) is 6. The largest absolute Gasteiger partial charge is 0.378 e. The van der Waals surface area contributed by atoms with Gasteiger partial charge in [-0.05, 0) is 31.0 Å². The lowest BCUT2D eigenvalue weighted by Crippen LogP contribution is -2.42. The summed E-state index contributed by atoms with van der Waals surface area (Å²) in [4.78, 5) is 4.49. The van der Waals surface area contributed by atoms with Crippen LogP contribution in [0.15, 0.2) is 36.5 Å². The molecule has 0 spiro atoms. The molecule has 1 aromatic heterocycles. The summed E-state index contributed by atoms with van der Waals surface area (Å²) in [6, 6.07) is 9.13. The predicted octanol–water partition coefficient (Wildman–Crippen LogP) is 2.53. The first-order valence-electron chi connectivity index (χ1n) is 9.20. The smallest absolute Gasteiger partial charge is 0.150 e. The highest BCUT2D eigenvalue weighted by atomic mass is 19.1. The molecule has 0 saturated carbocycles. The van der Waals surface area contributed by atoms with Gasteiger partial charge in [0, 0.05) is 44.0 Å². The Morgan fingerprint density at radius 2 is 1.96 bits per heavy atom. The number of nitrogens with one attached hydrogen (secondary N) is 1. The topological polar surface area (TPSA) is 53.5 Å². The zero-order valence-corrected chi connectivity index (χ0v) is 14.8. The predicted molar refractivity (Wildman–Crippen MR) is 100 cm³/mol. The first kappa shape index (κ1) is 17.0. The molecule has 2 aliphatic rings. The van der Waals surface area contributed by atoms with E-state index in [-0.39, 0.29) is 11.9 Å². The zero-order chi connectivity index (χ0) is 17.8. The van der Waals surface area contributed by atoms with Crippen LogP contribution in [0, 0.1) is 5.82 Å². The summed E-state index contributed by atoms with van der Waals surface area (Å²) < 4.78 is 18.9. The molecule has 0 amide bonds. The number of hydrogen-bond donors (Lipinski definition) is 1. The molecule has 4 rings (SSSR count). The van der Waals surface area contributed by atoms with Gasteiger partial charge in [0.25, 0.3) is 0 Å². The Hall–Kier alpha value is -2.41. The first-order valence-corrected chi connectivity index (χ1v) is 9.20. The maximum absolute atomic E-state index is 13.5. The van der Waals surface area contributed by atoms with Crippen LogP contribution in [0.1, 0.15) is 12.8 Å². The van der Waals surface area contributed by atoms with Crippen molar-refractivity contribution in [3.63, 3.8) is 0 Å². The average molecular weight is 357 g/mol. The summed E-state index contributed by atoms with van der Waals surface area (Å²) in [6.45, 7) is 5.02. The Morgan fingerprint density at radius 3 is 2.81 bits per heavy atom. The summed E-state index contributed by atoms with van der Waals surface area (Å²) in [5, 5.41) is 11.9. The molecule has 0 unspecified atom stereocenters. The molecule has 0 bridgehead atoms. The maximum atomic E-state index is 13.5. The molecular weight excluding hydrogens is 333 g/mol. The SMILES string of the molecule is Fc1cccc(N2CCC[C@@H](Nc3cc(N4CCOCC4)cnn3)C2)c1. The Morgan fingerprint density at radius 1 is 1.08 bits per heavy atom. The highest BCUT2D eigenvalue weighted by molar-refractivity contribution is 5.53. The minimum Gasteiger partial charge on any atom is -0.378 e. The standard InChI is InChI=1S/C19H24FN5O/c20-15-3-1-5-17(11-15)25-6-2-4-16(14-25)22-19-12-18(13-21-23-19)24-7-9-26-10-8-24/h1,3,5,11-13,16H,2,4,6-10,14H2,(H,22,23)/t16-/m1/s1. The van der Waals surface area contributed by atoms with E-state index in [2.05, 4.69) is 31.4 Å². The highest BCUT2D eigenvalue weighted by Gasteiger charge is 2.21. The fraction of sp³-hybridized carbons (Fsp3) is 0.474. The van der Waals surface area contributed by atoms with Crippen molar-refractivity contribution in [2.45, 2.75) is 18.9 Å². The van der Waals surface area contributed by atoms with Crippen LogP contribution >= 0.6 is 0 Å². The highest BCUT2D eigenvalue weighted by Crippen LogP contribution is 2.23. The Kier molecular flexibility index (Phi) is 5.15. The lowest BCUT2D eigenvalue weighted by molar-refractivity contribution is 0.122. The minimum absolute atomic E-state index is 0.193. The van der Waals surface area contributed by atoms with Crippen LogP contribution in [-0.4, -0.2) is 55.6 Å². The summed E-state index contributed by atoms with van der Waals surface area (Å²) in [5.74, 6) is 0.599. The van der Waals surface area contributed by atoms with Gasteiger partial charge in [0.2, 0.25) is 0 Å². The third-order valence-electron chi connectivity index (χ3n) is 4.96. The molecule has 1 aromatic carbocycles. The van der Waals surface area contributed by atoms with Gasteiger partial charge in [-0.2, -0.15) is 5.10 Å². The van der Waals surface area contributed by atoms with Gasteiger partial charge in [-0.25, -0.2) is 4.39 Å². The average Bonchev–Trinajstić information content (AvgIpc) is 2.69. The summed E-state index contributed by atoms with van der Waals surface area (Å²) in [5.41, 5.74) is 2.01. The van der Waals surface area contributed by atoms with E-state index in [9.17, 15) is 4.39 Å². The van der Waals surface area contributed by atoms with Gasteiger partial charge in [0.05, 0.1) is 25.1 Å². The van der Waals surface area contributed by atoms with E-state index in [4.69, 9.17) is 4.74 Å². The van der Waals surface area contributed by atoms with E-state index >= 15 is 0 Å². The first-order chi connectivity index (χ1) is 12.8. The fourth-order valence-electron chi connectivity index (χ4n) is 3.63. The van der Waals surface area contributed by atoms with E-state index in [1.807, 2.05) is 6.07 Å². The third-order valence-corrected chi connectivity index (χ3v) is 4.96. The second-order valence-electron chi connectivity index (χ2n) is 6.81. The summed E-state index contributed by atoms with van der Waals surface area (Å²) in [7, 11) is 0. The van der Waals surface area contributed by atoms with Crippen molar-refractivity contribution in [1.82, 2.24) is 10.2 Å². The third kappa shape index (κ3) is 4.04. The second-order valence-corrected chi connectivity index (χ2v) is 6.81. The van der Waals surface area contributed by atoms with E-state index in [1.165, 1.54) is 6.07 Å². The van der Waals surface area contributed by atoms with Crippen molar-refractivity contribution in [3.8, 4) is 0 Å². The van der Waals surface area contributed by atoms with Crippen molar-refractivity contribution in [3.05, 3.63) is 42.3 Å². The van der Waals surface area contributed by atoms with Crippen LogP contribution in [-0.2, 0) is 4.74 Å². The molecule has 3 heterocycles. The molecule has 2 saturated heterocycles. The van der Waals surface area contributed by atoms with Crippen LogP contribution in [0.3, 0.4) is 0 Å². The lowest BCUT2D eigenvalue weighted by Gasteiger charge is -2.35. The number of nitrogens with zero attached hydrogens (tertiary/aromatic N) is 4. The van der Waals surface area contributed by atoms with Gasteiger partial charge in [0.15, 0.2) is 5.82 Å². The Balaban J connectivity index is 1.42. The molecule has 2 fully saturated rings. The molecule has 138 valence electrons. The molecule has 6 nitrogen and oxygen atoms in total. The van der Waals surface area contributed by atoms with Crippen molar-refractivity contribution >= 4 is 17.2 Å². The number of ether oxygens (including phenoxy) is 1. The Labute approximate surface area is 153 Å². The van der Waals surface area contributed by atoms with Crippen molar-refractivity contribution in [1.29, 1.82) is 0 Å². The fourth-order valence-corrected chi connectivity index (χ4v) is 3.63. The zero-order valence-electron chi connectivity index (χ0n) is 14.8. The molecule has 1 N–H and O–H groups in total. The van der Waals surface area contributed by atoms with E-state index < -0.39 is 0 Å². The Bertz CT molecular complexity index is 737. The molecule has 1 atom stereocenters. The second kappa shape index (κ2) is 7.86. The monoisotopic (exact) mass is 357 g/mol. The number of anilines is 3. The van der Waals surface area contributed by atoms with Gasteiger partial charge in [-0.3, -0.25) is 0 Å². The minimum atomic E-state index is -0.193. The van der Waals surface area contributed by atoms with Crippen LogP contribution in [0.25, 0.3) is 0 Å². The van der Waals surface area contributed by atoms with Crippen molar-refractivity contribution in [2.75, 3.05) is 54.5 Å². The van der Waals surface area contributed by atoms with Crippen molar-refractivity contribution < 1.29 is 9.13 Å². The van der Waals surface area contributed by atoms with Gasteiger partial charge >= 0.3 is 0 Å². The van der Waals surface area contributed by atoms with Gasteiger partial charge in [-0.1, -0.05) is 6.07 Å². The van der Waals surface area contributed by atoms with Gasteiger partial charge in [-0.15, -0.1) is 5.10 Å².